The van der Waals surface area contributed by atoms with Gasteiger partial charge >= 0.3 is 0 Å². The van der Waals surface area contributed by atoms with Crippen LogP contribution in [0.25, 0.3) is 17.0 Å². The van der Waals surface area contributed by atoms with Crippen LogP contribution in [-0.2, 0) is 0 Å². The number of allylic oxidation sites excluding steroid dienone is 3. The van der Waals surface area contributed by atoms with Crippen molar-refractivity contribution in [3.05, 3.63) is 47.8 Å². The number of furan rings is 1. The number of rotatable bonds is 0. The van der Waals surface area contributed by atoms with Crippen LogP contribution in [-0.4, -0.2) is 0 Å². The number of anilines is 1. The van der Waals surface area contributed by atoms with Gasteiger partial charge in [0, 0.05) is 22.6 Å². The lowest BCUT2D eigenvalue weighted by Crippen LogP contribution is -1.90. The highest BCUT2D eigenvalue weighted by Gasteiger charge is 2.17. The van der Waals surface area contributed by atoms with Crippen molar-refractivity contribution in [2.45, 2.75) is 12.8 Å². The Morgan fingerprint density at radius 2 is 2.12 bits per heavy atom. The van der Waals surface area contributed by atoms with Crippen LogP contribution in [0.3, 0.4) is 0 Å². The van der Waals surface area contributed by atoms with Crippen molar-refractivity contribution in [1.82, 2.24) is 0 Å². The fourth-order valence-electron chi connectivity index (χ4n) is 2.22. The van der Waals surface area contributed by atoms with Gasteiger partial charge in [-0.25, -0.2) is 0 Å². The van der Waals surface area contributed by atoms with E-state index in [1.165, 1.54) is 5.56 Å². The summed E-state index contributed by atoms with van der Waals surface area (Å²) in [7, 11) is 0. The van der Waals surface area contributed by atoms with Crippen molar-refractivity contribution in [3.63, 3.8) is 0 Å². The third-order valence-corrected chi connectivity index (χ3v) is 2.99. The maximum atomic E-state index is 5.82. The first-order valence-corrected chi connectivity index (χ1v) is 5.42. The molecule has 0 aliphatic heterocycles. The molecule has 2 aromatic rings. The topological polar surface area (TPSA) is 39.2 Å². The standard InChI is InChI=1S/C14H13NO/c1-9-4-2-3-5-13-14(9)11-8-10(15)6-7-12(11)16-13/h2-9H,15H2,1H3. The molecule has 0 saturated heterocycles. The molecule has 1 atom stereocenters. The third-order valence-electron chi connectivity index (χ3n) is 2.99. The average molecular weight is 211 g/mol. The maximum Gasteiger partial charge on any atom is 0.135 e. The molecule has 0 bridgehead atoms. The van der Waals surface area contributed by atoms with E-state index in [2.05, 4.69) is 19.1 Å². The molecule has 80 valence electrons. The van der Waals surface area contributed by atoms with Crippen LogP contribution < -0.4 is 5.73 Å². The number of nitrogens with two attached hydrogens (primary N) is 1. The normalized spacial score (nSPS) is 18.7. The van der Waals surface area contributed by atoms with E-state index < -0.39 is 0 Å². The monoisotopic (exact) mass is 211 g/mol. The molecule has 2 heteroatoms. The summed E-state index contributed by atoms with van der Waals surface area (Å²) in [6.07, 6.45) is 8.23. The Balaban J connectivity index is 2.38. The van der Waals surface area contributed by atoms with E-state index in [1.807, 2.05) is 30.4 Å². The number of benzene rings is 1. The molecule has 2 nitrogen and oxygen atoms in total. The molecule has 1 aromatic heterocycles. The van der Waals surface area contributed by atoms with Gasteiger partial charge in [-0.1, -0.05) is 25.2 Å². The van der Waals surface area contributed by atoms with Gasteiger partial charge in [-0.05, 0) is 24.3 Å². The summed E-state index contributed by atoms with van der Waals surface area (Å²) in [5.41, 5.74) is 8.74. The molecule has 3 rings (SSSR count). The Morgan fingerprint density at radius 3 is 3.00 bits per heavy atom. The zero-order chi connectivity index (χ0) is 11.1. The fourth-order valence-corrected chi connectivity index (χ4v) is 2.22. The molecule has 0 saturated carbocycles. The summed E-state index contributed by atoms with van der Waals surface area (Å²) in [6.45, 7) is 2.17. The van der Waals surface area contributed by atoms with E-state index >= 15 is 0 Å². The molecule has 16 heavy (non-hydrogen) atoms. The quantitative estimate of drug-likeness (QED) is 0.675. The summed E-state index contributed by atoms with van der Waals surface area (Å²) in [6, 6.07) is 5.79. The predicted molar refractivity (Wildman–Crippen MR) is 67.2 cm³/mol. The van der Waals surface area contributed by atoms with Crippen molar-refractivity contribution < 1.29 is 4.42 Å². The SMILES string of the molecule is CC1C=CC=Cc2oc3ccc(N)cc3c21. The number of hydrogen-bond donors (Lipinski definition) is 1. The number of hydrogen-bond acceptors (Lipinski definition) is 2. The Hall–Kier alpha value is -1.96. The van der Waals surface area contributed by atoms with E-state index in [-0.39, 0.29) is 0 Å². The molecule has 0 amide bonds. The minimum Gasteiger partial charge on any atom is -0.456 e. The zero-order valence-electron chi connectivity index (χ0n) is 9.10. The number of fused-ring (bicyclic) bond motifs is 3. The second-order valence-corrected chi connectivity index (χ2v) is 4.17. The molecule has 1 aromatic carbocycles. The molecular formula is C14H13NO. The summed E-state index contributed by atoms with van der Waals surface area (Å²) in [5.74, 6) is 1.30. The van der Waals surface area contributed by atoms with Crippen LogP contribution in [0, 0.1) is 0 Å². The molecule has 0 spiro atoms. The lowest BCUT2D eigenvalue weighted by Gasteiger charge is -2.04. The van der Waals surface area contributed by atoms with Gasteiger partial charge in [-0.15, -0.1) is 0 Å². The smallest absolute Gasteiger partial charge is 0.135 e. The van der Waals surface area contributed by atoms with E-state index in [1.54, 1.807) is 0 Å². The van der Waals surface area contributed by atoms with Gasteiger partial charge in [0.05, 0.1) is 0 Å². The van der Waals surface area contributed by atoms with E-state index in [0.29, 0.717) is 5.92 Å². The van der Waals surface area contributed by atoms with Crippen molar-refractivity contribution >= 4 is 22.7 Å². The molecular weight excluding hydrogens is 198 g/mol. The van der Waals surface area contributed by atoms with Gasteiger partial charge in [0.15, 0.2) is 0 Å². The lowest BCUT2D eigenvalue weighted by molar-refractivity contribution is 0.597. The Bertz CT molecular complexity index is 604. The van der Waals surface area contributed by atoms with Gasteiger partial charge in [0.25, 0.3) is 0 Å². The number of nitrogen functional groups attached to an aromatic ring is 1. The summed E-state index contributed by atoms with van der Waals surface area (Å²) in [5, 5.41) is 1.12. The van der Waals surface area contributed by atoms with Crippen LogP contribution in [0.15, 0.2) is 40.8 Å². The first-order chi connectivity index (χ1) is 7.75. The minimum atomic E-state index is 0.355. The molecule has 0 fully saturated rings. The Kier molecular flexibility index (Phi) is 1.90. The minimum absolute atomic E-state index is 0.355. The van der Waals surface area contributed by atoms with Gasteiger partial charge < -0.3 is 10.2 Å². The zero-order valence-corrected chi connectivity index (χ0v) is 9.10. The maximum absolute atomic E-state index is 5.82. The van der Waals surface area contributed by atoms with Crippen LogP contribution >= 0.6 is 0 Å². The summed E-state index contributed by atoms with van der Waals surface area (Å²) >= 11 is 0. The summed E-state index contributed by atoms with van der Waals surface area (Å²) in [4.78, 5) is 0. The average Bonchev–Trinajstić information content (AvgIpc) is 2.51. The Morgan fingerprint density at radius 1 is 1.25 bits per heavy atom. The van der Waals surface area contributed by atoms with Crippen LogP contribution in [0.4, 0.5) is 5.69 Å². The van der Waals surface area contributed by atoms with Crippen molar-refractivity contribution in [2.24, 2.45) is 0 Å². The van der Waals surface area contributed by atoms with E-state index in [4.69, 9.17) is 10.2 Å². The Labute approximate surface area is 94.1 Å². The molecule has 1 aliphatic carbocycles. The molecule has 2 N–H and O–H groups in total. The molecule has 0 radical (unpaired) electrons. The van der Waals surface area contributed by atoms with Crippen LogP contribution in [0.2, 0.25) is 0 Å². The highest BCUT2D eigenvalue weighted by Crippen LogP contribution is 2.35. The van der Waals surface area contributed by atoms with E-state index in [9.17, 15) is 0 Å². The molecule has 1 aliphatic rings. The van der Waals surface area contributed by atoms with Crippen LogP contribution in [0.5, 0.6) is 0 Å². The predicted octanol–water partition coefficient (Wildman–Crippen LogP) is 3.70. The van der Waals surface area contributed by atoms with Gasteiger partial charge in [0.2, 0.25) is 0 Å². The van der Waals surface area contributed by atoms with Gasteiger partial charge in [-0.3, -0.25) is 0 Å². The highest BCUT2D eigenvalue weighted by atomic mass is 16.3. The van der Waals surface area contributed by atoms with Gasteiger partial charge in [-0.2, -0.15) is 0 Å². The largest absolute Gasteiger partial charge is 0.456 e. The highest BCUT2D eigenvalue weighted by molar-refractivity contribution is 5.88. The first-order valence-electron chi connectivity index (χ1n) is 5.42. The van der Waals surface area contributed by atoms with Crippen molar-refractivity contribution in [1.29, 1.82) is 0 Å². The fraction of sp³-hybridized carbons (Fsp3) is 0.143. The second-order valence-electron chi connectivity index (χ2n) is 4.17. The lowest BCUT2D eigenvalue weighted by atomic mass is 9.98. The second kappa shape index (κ2) is 3.27. The molecule has 1 unspecified atom stereocenters. The van der Waals surface area contributed by atoms with Crippen molar-refractivity contribution in [2.75, 3.05) is 5.73 Å². The van der Waals surface area contributed by atoms with E-state index in [0.717, 1.165) is 22.4 Å². The van der Waals surface area contributed by atoms with Crippen molar-refractivity contribution in [3.8, 4) is 0 Å². The van der Waals surface area contributed by atoms with Crippen LogP contribution in [0.1, 0.15) is 24.2 Å². The first kappa shape index (κ1) is 9.28. The third kappa shape index (κ3) is 1.27. The molecule has 1 heterocycles. The summed E-state index contributed by atoms with van der Waals surface area (Å²) < 4.78 is 5.81. The van der Waals surface area contributed by atoms with Gasteiger partial charge in [0.1, 0.15) is 11.3 Å².